The lowest BCUT2D eigenvalue weighted by Gasteiger charge is -2.14. The van der Waals surface area contributed by atoms with Crippen molar-refractivity contribution in [3.8, 4) is 17.2 Å². The van der Waals surface area contributed by atoms with Crippen molar-refractivity contribution in [2.24, 2.45) is 0 Å². The minimum atomic E-state index is -0.371. The maximum Gasteiger partial charge on any atom is 0.293 e. The summed E-state index contributed by atoms with van der Waals surface area (Å²) in [6.07, 6.45) is 1.67. The van der Waals surface area contributed by atoms with E-state index in [1.54, 1.807) is 43.5 Å². The van der Waals surface area contributed by atoms with Gasteiger partial charge in [-0.15, -0.1) is 0 Å². The highest BCUT2D eigenvalue weighted by molar-refractivity contribution is 14.1. The van der Waals surface area contributed by atoms with Gasteiger partial charge in [-0.05, 0) is 88.0 Å². The second-order valence-corrected chi connectivity index (χ2v) is 10.6. The molecule has 3 aromatic rings. The highest BCUT2D eigenvalue weighted by Gasteiger charge is 2.35. The normalized spacial score (nSPS) is 14.4. The lowest BCUT2D eigenvalue weighted by Crippen LogP contribution is -2.32. The number of methoxy groups -OCH3 is 1. The van der Waals surface area contributed by atoms with Crippen LogP contribution in [0, 0.1) is 3.57 Å². The molecule has 3 aromatic carbocycles. The Morgan fingerprint density at radius 2 is 1.75 bits per heavy atom. The van der Waals surface area contributed by atoms with Gasteiger partial charge in [0.05, 0.1) is 27.2 Å². The summed E-state index contributed by atoms with van der Waals surface area (Å²) in [7, 11) is 1.55. The molecule has 4 rings (SSSR count). The number of rotatable bonds is 9. The molecule has 1 saturated heterocycles. The number of amides is 2. The predicted molar refractivity (Wildman–Crippen MR) is 151 cm³/mol. The average molecular weight is 656 g/mol. The molecule has 0 saturated carbocycles. The van der Waals surface area contributed by atoms with E-state index in [1.165, 1.54) is 4.90 Å². The van der Waals surface area contributed by atoms with Crippen molar-refractivity contribution in [3.05, 3.63) is 90.3 Å². The Hall–Kier alpha value is -2.40. The molecular formula is C26H20Cl2INO5S. The van der Waals surface area contributed by atoms with Crippen molar-refractivity contribution < 1.29 is 23.8 Å². The number of imide groups is 1. The van der Waals surface area contributed by atoms with Crippen LogP contribution in [0.5, 0.6) is 17.2 Å². The minimum Gasteiger partial charge on any atom is -0.493 e. The lowest BCUT2D eigenvalue weighted by molar-refractivity contribution is -0.123. The number of thioether (sulfide) groups is 1. The van der Waals surface area contributed by atoms with Gasteiger partial charge in [-0.3, -0.25) is 14.5 Å². The lowest BCUT2D eigenvalue weighted by atomic mass is 10.1. The van der Waals surface area contributed by atoms with Crippen LogP contribution in [-0.2, 0) is 11.4 Å². The highest BCUT2D eigenvalue weighted by atomic mass is 127. The van der Waals surface area contributed by atoms with E-state index >= 15 is 0 Å². The topological polar surface area (TPSA) is 65.1 Å². The van der Waals surface area contributed by atoms with E-state index in [4.69, 9.17) is 37.4 Å². The number of nitrogens with zero attached hydrogens (tertiary/aromatic N) is 1. The van der Waals surface area contributed by atoms with Crippen molar-refractivity contribution >= 4 is 74.8 Å². The van der Waals surface area contributed by atoms with Crippen LogP contribution in [0.1, 0.15) is 11.1 Å². The van der Waals surface area contributed by atoms with Crippen molar-refractivity contribution in [3.63, 3.8) is 0 Å². The summed E-state index contributed by atoms with van der Waals surface area (Å²) in [5.41, 5.74) is 1.68. The molecular weight excluding hydrogens is 636 g/mol. The number of para-hydroxylation sites is 1. The van der Waals surface area contributed by atoms with Gasteiger partial charge in [-0.25, -0.2) is 0 Å². The van der Waals surface area contributed by atoms with Crippen LogP contribution >= 0.6 is 57.6 Å². The molecule has 36 heavy (non-hydrogen) atoms. The van der Waals surface area contributed by atoms with Crippen molar-refractivity contribution in [1.29, 1.82) is 0 Å². The molecule has 0 bridgehead atoms. The van der Waals surface area contributed by atoms with Crippen molar-refractivity contribution in [2.75, 3.05) is 20.3 Å². The monoisotopic (exact) mass is 655 g/mol. The summed E-state index contributed by atoms with van der Waals surface area (Å²) in [6.45, 7) is 0.601. The largest absolute Gasteiger partial charge is 0.493 e. The molecule has 1 fully saturated rings. The van der Waals surface area contributed by atoms with Crippen LogP contribution in [0.2, 0.25) is 10.0 Å². The van der Waals surface area contributed by atoms with Crippen LogP contribution in [0.3, 0.4) is 0 Å². The maximum atomic E-state index is 12.9. The van der Waals surface area contributed by atoms with Crippen LogP contribution in [-0.4, -0.2) is 36.3 Å². The molecule has 1 aliphatic heterocycles. The first-order valence-corrected chi connectivity index (χ1v) is 13.4. The van der Waals surface area contributed by atoms with Crippen LogP contribution in [0.4, 0.5) is 4.79 Å². The van der Waals surface area contributed by atoms with Crippen molar-refractivity contribution in [1.82, 2.24) is 4.90 Å². The van der Waals surface area contributed by atoms with E-state index in [2.05, 4.69) is 22.6 Å². The Bertz CT molecular complexity index is 1320. The van der Waals surface area contributed by atoms with Gasteiger partial charge in [-0.1, -0.05) is 47.5 Å². The predicted octanol–water partition coefficient (Wildman–Crippen LogP) is 7.30. The van der Waals surface area contributed by atoms with E-state index in [-0.39, 0.29) is 24.3 Å². The van der Waals surface area contributed by atoms with Gasteiger partial charge < -0.3 is 14.2 Å². The number of carbonyl (C=O) groups excluding carboxylic acids is 2. The summed E-state index contributed by atoms with van der Waals surface area (Å²) < 4.78 is 18.0. The zero-order valence-electron chi connectivity index (χ0n) is 19.0. The standard InChI is InChI=1S/C26H20Cl2INO5S/c1-33-22-13-17(12-20(29)24(22)35-15-16-6-8-18(27)9-7-16)14-23-25(31)30(26(32)36-23)10-11-34-21-5-3-2-4-19(21)28/h2-9,12-14H,10-11,15H2,1H3/b23-14-. The third-order valence-electron chi connectivity index (χ3n) is 5.13. The number of hydrogen-bond donors (Lipinski definition) is 0. The van der Waals surface area contributed by atoms with Gasteiger partial charge in [0.1, 0.15) is 19.0 Å². The van der Waals surface area contributed by atoms with Crippen molar-refractivity contribution in [2.45, 2.75) is 6.61 Å². The second kappa shape index (κ2) is 12.2. The van der Waals surface area contributed by atoms with Gasteiger partial charge in [-0.2, -0.15) is 0 Å². The molecule has 0 aliphatic carbocycles. The second-order valence-electron chi connectivity index (χ2n) is 7.56. The van der Waals surface area contributed by atoms with Gasteiger partial charge in [0, 0.05) is 5.02 Å². The number of benzene rings is 3. The average Bonchev–Trinajstić information content (AvgIpc) is 3.12. The first-order chi connectivity index (χ1) is 17.4. The third kappa shape index (κ3) is 6.47. The Balaban J connectivity index is 1.44. The first-order valence-electron chi connectivity index (χ1n) is 10.7. The zero-order chi connectivity index (χ0) is 25.7. The van der Waals surface area contributed by atoms with Crippen LogP contribution < -0.4 is 14.2 Å². The third-order valence-corrected chi connectivity index (χ3v) is 7.40. The molecule has 0 aromatic heterocycles. The summed E-state index contributed by atoms with van der Waals surface area (Å²) in [6, 6.07) is 18.1. The maximum absolute atomic E-state index is 12.9. The molecule has 10 heteroatoms. The molecule has 2 amide bonds. The quantitative estimate of drug-likeness (QED) is 0.178. The number of hydrogen-bond acceptors (Lipinski definition) is 6. The fourth-order valence-electron chi connectivity index (χ4n) is 3.35. The minimum absolute atomic E-state index is 0.117. The Morgan fingerprint density at radius 3 is 2.47 bits per heavy atom. The van der Waals surface area contributed by atoms with E-state index in [9.17, 15) is 9.59 Å². The molecule has 1 heterocycles. The molecule has 0 atom stereocenters. The van der Waals surface area contributed by atoms with E-state index in [1.807, 2.05) is 30.3 Å². The Labute approximate surface area is 236 Å². The van der Waals surface area contributed by atoms with Gasteiger partial charge in [0.25, 0.3) is 11.1 Å². The summed E-state index contributed by atoms with van der Waals surface area (Å²) in [5.74, 6) is 1.25. The molecule has 1 aliphatic rings. The highest BCUT2D eigenvalue weighted by Crippen LogP contribution is 2.37. The molecule has 0 unspecified atom stereocenters. The number of ether oxygens (including phenoxy) is 3. The van der Waals surface area contributed by atoms with E-state index in [0.29, 0.717) is 44.4 Å². The molecule has 0 N–H and O–H groups in total. The molecule has 6 nitrogen and oxygen atoms in total. The Morgan fingerprint density at radius 1 is 1.00 bits per heavy atom. The summed E-state index contributed by atoms with van der Waals surface area (Å²) in [5, 5.41) is 0.780. The van der Waals surface area contributed by atoms with E-state index < -0.39 is 0 Å². The fourth-order valence-corrected chi connectivity index (χ4v) is 5.31. The first kappa shape index (κ1) is 26.7. The molecule has 0 spiro atoms. The van der Waals surface area contributed by atoms with Crippen LogP contribution in [0.25, 0.3) is 6.08 Å². The van der Waals surface area contributed by atoms with Gasteiger partial charge >= 0.3 is 0 Å². The van der Waals surface area contributed by atoms with E-state index in [0.717, 1.165) is 20.9 Å². The smallest absolute Gasteiger partial charge is 0.293 e. The fraction of sp³-hybridized carbons (Fsp3) is 0.154. The van der Waals surface area contributed by atoms with Gasteiger partial charge in [0.2, 0.25) is 0 Å². The summed E-state index contributed by atoms with van der Waals surface area (Å²) >= 11 is 15.1. The number of halogens is 3. The summed E-state index contributed by atoms with van der Waals surface area (Å²) in [4.78, 5) is 26.8. The number of carbonyl (C=O) groups is 2. The Kier molecular flexibility index (Phi) is 9.05. The SMILES string of the molecule is COc1cc(/C=C2\SC(=O)N(CCOc3ccccc3Cl)C2=O)cc(I)c1OCc1ccc(Cl)cc1. The molecule has 186 valence electrons. The van der Waals surface area contributed by atoms with Gasteiger partial charge in [0.15, 0.2) is 11.5 Å². The van der Waals surface area contributed by atoms with Crippen LogP contribution in [0.15, 0.2) is 65.6 Å². The molecule has 0 radical (unpaired) electrons. The zero-order valence-corrected chi connectivity index (χ0v) is 23.5.